The van der Waals surface area contributed by atoms with Crippen LogP contribution in [0.3, 0.4) is 0 Å². The Morgan fingerprint density at radius 2 is 1.38 bits per heavy atom. The van der Waals surface area contributed by atoms with Crippen LogP contribution in [-0.4, -0.2) is 5.11 Å². The first-order valence-electron chi connectivity index (χ1n) is 6.67. The van der Waals surface area contributed by atoms with Crippen molar-refractivity contribution in [2.75, 3.05) is 0 Å². The summed E-state index contributed by atoms with van der Waals surface area (Å²) in [5.74, 6) is 1.06. The van der Waals surface area contributed by atoms with Crippen LogP contribution in [0, 0.1) is 0 Å². The average molecular weight is 278 g/mol. The van der Waals surface area contributed by atoms with Crippen LogP contribution < -0.4 is 5.43 Å². The van der Waals surface area contributed by atoms with Crippen molar-refractivity contribution in [3.63, 3.8) is 0 Å². The topological polar surface area (TPSA) is 50.4 Å². The predicted octanol–water partition coefficient (Wildman–Crippen LogP) is 3.47. The molecule has 0 bridgehead atoms. The van der Waals surface area contributed by atoms with Gasteiger partial charge < -0.3 is 9.52 Å². The Kier molecular flexibility index (Phi) is 3.67. The molecule has 0 saturated heterocycles. The third-order valence-corrected chi connectivity index (χ3v) is 3.25. The van der Waals surface area contributed by atoms with Gasteiger partial charge in [0.1, 0.15) is 11.5 Å². The Hall–Kier alpha value is -2.65. The van der Waals surface area contributed by atoms with Gasteiger partial charge in [-0.2, -0.15) is 0 Å². The second-order valence-corrected chi connectivity index (χ2v) is 4.74. The quantitative estimate of drug-likeness (QED) is 0.798. The first kappa shape index (κ1) is 13.3. The molecule has 0 aliphatic rings. The maximum atomic E-state index is 11.9. The zero-order valence-corrected chi connectivity index (χ0v) is 11.3. The molecule has 0 aliphatic carbocycles. The van der Waals surface area contributed by atoms with Crippen LogP contribution >= 0.6 is 0 Å². The summed E-state index contributed by atoms with van der Waals surface area (Å²) in [4.78, 5) is 11.9. The smallest absolute Gasteiger partial charge is 0.186 e. The van der Waals surface area contributed by atoms with E-state index in [-0.39, 0.29) is 12.0 Å². The highest BCUT2D eigenvalue weighted by molar-refractivity contribution is 5.62. The molecule has 0 atom stereocenters. The van der Waals surface area contributed by atoms with Crippen molar-refractivity contribution in [3.8, 4) is 22.6 Å². The molecule has 3 nitrogen and oxygen atoms in total. The summed E-state index contributed by atoms with van der Waals surface area (Å²) in [5.41, 5.74) is 2.40. The molecule has 0 aliphatic heterocycles. The van der Waals surface area contributed by atoms with E-state index in [0.717, 1.165) is 16.7 Å². The molecular weight excluding hydrogens is 264 g/mol. The van der Waals surface area contributed by atoms with Crippen LogP contribution in [0.2, 0.25) is 0 Å². The van der Waals surface area contributed by atoms with Gasteiger partial charge in [0, 0.05) is 23.3 Å². The van der Waals surface area contributed by atoms with Crippen molar-refractivity contribution in [1.82, 2.24) is 0 Å². The minimum absolute atomic E-state index is 0.00567. The summed E-state index contributed by atoms with van der Waals surface area (Å²) in [6.07, 6.45) is 0. The van der Waals surface area contributed by atoms with Crippen LogP contribution in [0.1, 0.15) is 5.56 Å². The van der Waals surface area contributed by atoms with E-state index >= 15 is 0 Å². The SMILES string of the molecule is O=c1cc(-c2ccccc2)oc(-c2ccc(CO)cc2)c1. The number of aliphatic hydroxyl groups excluding tert-OH is 1. The van der Waals surface area contributed by atoms with Crippen molar-refractivity contribution in [3.05, 3.63) is 82.5 Å². The molecule has 0 spiro atoms. The minimum atomic E-state index is -0.0960. The molecule has 2 aromatic carbocycles. The Morgan fingerprint density at radius 3 is 1.95 bits per heavy atom. The fourth-order valence-corrected chi connectivity index (χ4v) is 2.14. The largest absolute Gasteiger partial charge is 0.456 e. The number of hydrogen-bond donors (Lipinski definition) is 1. The molecule has 0 saturated carbocycles. The molecule has 1 N–H and O–H groups in total. The molecule has 3 rings (SSSR count). The second-order valence-electron chi connectivity index (χ2n) is 4.74. The van der Waals surface area contributed by atoms with E-state index in [1.54, 1.807) is 0 Å². The molecule has 1 heterocycles. The lowest BCUT2D eigenvalue weighted by Crippen LogP contribution is -1.98. The Morgan fingerprint density at radius 1 is 0.810 bits per heavy atom. The van der Waals surface area contributed by atoms with Crippen LogP contribution in [0.4, 0.5) is 0 Å². The second kappa shape index (κ2) is 5.77. The van der Waals surface area contributed by atoms with Gasteiger partial charge in [-0.3, -0.25) is 4.79 Å². The van der Waals surface area contributed by atoms with Crippen molar-refractivity contribution >= 4 is 0 Å². The number of hydrogen-bond acceptors (Lipinski definition) is 3. The lowest BCUT2D eigenvalue weighted by molar-refractivity contribution is 0.282. The number of benzene rings is 2. The van der Waals surface area contributed by atoms with Gasteiger partial charge in [-0.15, -0.1) is 0 Å². The van der Waals surface area contributed by atoms with E-state index in [2.05, 4.69) is 0 Å². The Balaban J connectivity index is 2.07. The summed E-state index contributed by atoms with van der Waals surface area (Å²) in [6.45, 7) is -0.00567. The van der Waals surface area contributed by atoms with Crippen molar-refractivity contribution in [2.45, 2.75) is 6.61 Å². The van der Waals surface area contributed by atoms with Crippen LogP contribution in [0.5, 0.6) is 0 Å². The minimum Gasteiger partial charge on any atom is -0.456 e. The maximum absolute atomic E-state index is 11.9. The maximum Gasteiger partial charge on any atom is 0.186 e. The first-order valence-corrected chi connectivity index (χ1v) is 6.67. The zero-order chi connectivity index (χ0) is 14.7. The molecule has 3 aromatic rings. The van der Waals surface area contributed by atoms with Gasteiger partial charge in [-0.05, 0) is 5.56 Å². The van der Waals surface area contributed by atoms with Crippen molar-refractivity contribution in [2.24, 2.45) is 0 Å². The number of aliphatic hydroxyl groups is 1. The Bertz CT molecular complexity index is 787. The van der Waals surface area contributed by atoms with E-state index in [9.17, 15) is 4.79 Å². The molecule has 0 fully saturated rings. The summed E-state index contributed by atoms with van der Waals surface area (Å²) in [7, 11) is 0. The van der Waals surface area contributed by atoms with Crippen LogP contribution in [-0.2, 0) is 6.61 Å². The number of rotatable bonds is 3. The van der Waals surface area contributed by atoms with E-state index < -0.39 is 0 Å². The molecule has 21 heavy (non-hydrogen) atoms. The molecule has 0 radical (unpaired) electrons. The van der Waals surface area contributed by atoms with Crippen LogP contribution in [0.25, 0.3) is 22.6 Å². The van der Waals surface area contributed by atoms with Crippen LogP contribution in [0.15, 0.2) is 75.9 Å². The fourth-order valence-electron chi connectivity index (χ4n) is 2.14. The summed E-state index contributed by atoms with van der Waals surface area (Å²) in [5, 5.41) is 9.06. The fraction of sp³-hybridized carbons (Fsp3) is 0.0556. The third kappa shape index (κ3) is 2.93. The molecule has 3 heteroatoms. The lowest BCUT2D eigenvalue weighted by Gasteiger charge is -2.05. The average Bonchev–Trinajstić information content (AvgIpc) is 2.55. The standard InChI is InChI=1S/C18H14O3/c19-12-13-6-8-15(9-7-13)18-11-16(20)10-17(21-18)14-4-2-1-3-5-14/h1-11,19H,12H2. The third-order valence-electron chi connectivity index (χ3n) is 3.25. The van der Waals surface area contributed by atoms with Crippen molar-refractivity contribution in [1.29, 1.82) is 0 Å². The van der Waals surface area contributed by atoms with Gasteiger partial charge in [0.2, 0.25) is 0 Å². The Labute approximate surface area is 122 Å². The van der Waals surface area contributed by atoms with Gasteiger partial charge in [0.05, 0.1) is 6.61 Å². The van der Waals surface area contributed by atoms with E-state index in [0.29, 0.717) is 11.5 Å². The van der Waals surface area contributed by atoms with Gasteiger partial charge in [0.15, 0.2) is 5.43 Å². The van der Waals surface area contributed by atoms with E-state index in [1.165, 1.54) is 12.1 Å². The monoisotopic (exact) mass is 278 g/mol. The molecular formula is C18H14O3. The van der Waals surface area contributed by atoms with Gasteiger partial charge in [-0.1, -0.05) is 54.6 Å². The molecule has 1 aromatic heterocycles. The normalized spacial score (nSPS) is 10.5. The zero-order valence-electron chi connectivity index (χ0n) is 11.3. The van der Waals surface area contributed by atoms with Gasteiger partial charge in [0.25, 0.3) is 0 Å². The van der Waals surface area contributed by atoms with Gasteiger partial charge in [-0.25, -0.2) is 0 Å². The lowest BCUT2D eigenvalue weighted by atomic mass is 10.1. The first-order chi connectivity index (χ1) is 10.3. The van der Waals surface area contributed by atoms with E-state index in [1.807, 2.05) is 54.6 Å². The summed E-state index contributed by atoms with van der Waals surface area (Å²) < 4.78 is 5.84. The summed E-state index contributed by atoms with van der Waals surface area (Å²) >= 11 is 0. The van der Waals surface area contributed by atoms with Gasteiger partial charge >= 0.3 is 0 Å². The van der Waals surface area contributed by atoms with E-state index in [4.69, 9.17) is 9.52 Å². The highest BCUT2D eigenvalue weighted by atomic mass is 16.3. The van der Waals surface area contributed by atoms with Crippen molar-refractivity contribution < 1.29 is 9.52 Å². The predicted molar refractivity (Wildman–Crippen MR) is 81.8 cm³/mol. The summed E-state index contributed by atoms with van der Waals surface area (Å²) in [6, 6.07) is 19.8. The highest BCUT2D eigenvalue weighted by Crippen LogP contribution is 2.24. The highest BCUT2D eigenvalue weighted by Gasteiger charge is 2.07. The molecule has 0 unspecified atom stereocenters. The molecule has 104 valence electrons. The molecule has 0 amide bonds.